The second-order valence-corrected chi connectivity index (χ2v) is 25.4. The molecule has 0 spiro atoms. The third-order valence-corrected chi connectivity index (χ3v) is 17.6. The molecule has 1 saturated carbocycles. The van der Waals surface area contributed by atoms with E-state index in [-0.39, 0.29) is 13.0 Å². The van der Waals surface area contributed by atoms with Crippen LogP contribution >= 0.6 is 0 Å². The van der Waals surface area contributed by atoms with E-state index in [1.807, 2.05) is 6.92 Å². The van der Waals surface area contributed by atoms with Crippen LogP contribution in [0.2, 0.25) is 0 Å². The molecule has 0 unspecified atom stereocenters. The third kappa shape index (κ3) is 25.9. The standard InChI is InChI=1S/C64H115N7O11/c1-12-14-15-16-17-18-19-20-21-22-23-24-25-26-27-28-29-30-31-32-35-48-40-49(48)36-33-37-50-41-52(73)66-56(46(9)72)62(78)68-53(42(3)4)59(75)65-45(8)63(79)71-39-34-38-51(71)58(74)69-55(44(7)13-2)61(77)67-54(43(5)6)60(76)70-57(47(10)81-11)64(80)82-50/h42-51,53-57,72H,12-41H2,1-11H3,(H,65,75)(H,66,73)(H,67,77)(H,68,78)(H,69,74)(H,70,76)/t44-,45-,46+,47+,48+,49-,50+,51+,53-,54-,55+,56-,57-/m0/s1. The quantitative estimate of drug-likeness (QED) is 0.0247. The van der Waals surface area contributed by atoms with E-state index in [0.29, 0.717) is 43.9 Å². The van der Waals surface area contributed by atoms with Gasteiger partial charge in [-0.15, -0.1) is 0 Å². The first-order valence-electron chi connectivity index (χ1n) is 32.7. The van der Waals surface area contributed by atoms with Crippen molar-refractivity contribution in [1.29, 1.82) is 0 Å². The number of nitrogens with one attached hydrogen (secondary N) is 6. The summed E-state index contributed by atoms with van der Waals surface area (Å²) in [4.78, 5) is 114. The highest BCUT2D eigenvalue weighted by atomic mass is 16.5. The number of fused-ring (bicyclic) bond motifs is 1. The van der Waals surface area contributed by atoms with Gasteiger partial charge < -0.3 is 51.4 Å². The first-order chi connectivity index (χ1) is 39.1. The molecule has 0 aromatic heterocycles. The summed E-state index contributed by atoms with van der Waals surface area (Å²) in [7, 11) is 1.38. The molecule has 1 aliphatic carbocycles. The molecule has 7 amide bonds. The van der Waals surface area contributed by atoms with Gasteiger partial charge >= 0.3 is 5.97 Å². The fourth-order valence-electron chi connectivity index (χ4n) is 11.7. The number of carbonyl (C=O) groups excluding carboxylic acids is 8. The number of amides is 7. The molecule has 3 fully saturated rings. The average Bonchev–Trinajstić information content (AvgIpc) is 4.01. The van der Waals surface area contributed by atoms with Crippen LogP contribution < -0.4 is 31.9 Å². The number of methoxy groups -OCH3 is 1. The summed E-state index contributed by atoms with van der Waals surface area (Å²) < 4.78 is 11.7. The second kappa shape index (κ2) is 39.3. The molecule has 2 heterocycles. The number of carbonyl (C=O) groups is 8. The number of aliphatic hydroxyl groups excluding tert-OH is 1. The number of esters is 1. The Morgan fingerprint density at radius 1 is 0.537 bits per heavy atom. The lowest BCUT2D eigenvalue weighted by Crippen LogP contribution is -2.61. The molecule has 472 valence electrons. The lowest BCUT2D eigenvalue weighted by Gasteiger charge is -2.32. The van der Waals surface area contributed by atoms with Gasteiger partial charge in [-0.1, -0.05) is 196 Å². The molecule has 0 aromatic carbocycles. The molecule has 0 bridgehead atoms. The minimum atomic E-state index is -1.51. The first-order valence-corrected chi connectivity index (χ1v) is 32.7. The van der Waals surface area contributed by atoms with Crippen molar-refractivity contribution in [3.05, 3.63) is 0 Å². The summed E-state index contributed by atoms with van der Waals surface area (Å²) >= 11 is 0. The molecule has 0 radical (unpaired) electrons. The Balaban J connectivity index is 1.69. The van der Waals surface area contributed by atoms with E-state index < -0.39 is 126 Å². The highest BCUT2D eigenvalue weighted by Crippen LogP contribution is 2.46. The van der Waals surface area contributed by atoms with Gasteiger partial charge in [-0.2, -0.15) is 0 Å². The maximum absolute atomic E-state index is 14.3. The molecular weight excluding hydrogens is 1040 g/mol. The molecule has 7 N–H and O–H groups in total. The van der Waals surface area contributed by atoms with Crippen molar-refractivity contribution < 1.29 is 52.9 Å². The Morgan fingerprint density at radius 3 is 1.45 bits per heavy atom. The van der Waals surface area contributed by atoms with Crippen LogP contribution in [0, 0.1) is 29.6 Å². The van der Waals surface area contributed by atoms with Crippen LogP contribution in [0.15, 0.2) is 0 Å². The van der Waals surface area contributed by atoms with Crippen molar-refractivity contribution in [3.8, 4) is 0 Å². The highest BCUT2D eigenvalue weighted by Gasteiger charge is 2.42. The van der Waals surface area contributed by atoms with Crippen LogP contribution in [0.1, 0.15) is 255 Å². The fraction of sp³-hybridized carbons (Fsp3) is 0.875. The van der Waals surface area contributed by atoms with Crippen LogP contribution in [0.4, 0.5) is 0 Å². The monoisotopic (exact) mass is 1160 g/mol. The maximum Gasteiger partial charge on any atom is 0.331 e. The summed E-state index contributed by atoms with van der Waals surface area (Å²) in [6.45, 7) is 17.4. The lowest BCUT2D eigenvalue weighted by molar-refractivity contribution is -0.158. The zero-order valence-corrected chi connectivity index (χ0v) is 52.9. The van der Waals surface area contributed by atoms with Crippen LogP contribution in [0.5, 0.6) is 0 Å². The average molecular weight is 1160 g/mol. The maximum atomic E-state index is 14.3. The van der Waals surface area contributed by atoms with Gasteiger partial charge in [0, 0.05) is 13.7 Å². The summed E-state index contributed by atoms with van der Waals surface area (Å²) in [5, 5.41) is 27.3. The van der Waals surface area contributed by atoms with Crippen molar-refractivity contribution in [2.45, 2.75) is 316 Å². The highest BCUT2D eigenvalue weighted by molar-refractivity contribution is 5.98. The first kappa shape index (κ1) is 71.9. The zero-order chi connectivity index (χ0) is 60.7. The van der Waals surface area contributed by atoms with Gasteiger partial charge in [0.2, 0.25) is 41.4 Å². The van der Waals surface area contributed by atoms with E-state index >= 15 is 0 Å². The fourth-order valence-corrected chi connectivity index (χ4v) is 11.7. The Hall–Kier alpha value is -4.32. The van der Waals surface area contributed by atoms with Crippen LogP contribution in [-0.4, -0.2) is 132 Å². The van der Waals surface area contributed by atoms with Gasteiger partial charge in [-0.3, -0.25) is 33.6 Å². The van der Waals surface area contributed by atoms with Crippen molar-refractivity contribution in [2.75, 3.05) is 13.7 Å². The number of ether oxygens (including phenoxy) is 2. The normalized spacial score (nSPS) is 27.0. The molecular formula is C64H115N7O11. The molecule has 0 aromatic rings. The SMILES string of the molecule is CCCCCCCCCCCCCCCCCCCCCC[C@@H]1C[C@@H]1CCC[C@@H]1CC(=O)N[C@@H]([C@@H](C)O)C(=O)N[C@@H](C(C)C)C(=O)N[C@@H](C)C(=O)N2CCC[C@@H]2C(=O)N[C@H]([C@@H](C)CC)C(=O)N[C@@H](C(C)C)C(=O)N[C@@H]([C@@H](C)OC)C(=O)O1. The van der Waals surface area contributed by atoms with E-state index in [1.165, 1.54) is 161 Å². The molecule has 82 heavy (non-hydrogen) atoms. The van der Waals surface area contributed by atoms with Crippen molar-refractivity contribution in [3.63, 3.8) is 0 Å². The van der Waals surface area contributed by atoms with Gasteiger partial charge in [0.1, 0.15) is 42.4 Å². The van der Waals surface area contributed by atoms with Gasteiger partial charge in [0.15, 0.2) is 6.04 Å². The van der Waals surface area contributed by atoms with Crippen LogP contribution in [0.25, 0.3) is 0 Å². The Labute approximate surface area is 494 Å². The van der Waals surface area contributed by atoms with E-state index in [2.05, 4.69) is 38.8 Å². The van der Waals surface area contributed by atoms with Gasteiger partial charge in [0.05, 0.1) is 18.6 Å². The van der Waals surface area contributed by atoms with Crippen molar-refractivity contribution in [1.82, 2.24) is 36.8 Å². The summed E-state index contributed by atoms with van der Waals surface area (Å²) in [6.07, 6.45) is 28.8. The van der Waals surface area contributed by atoms with Crippen LogP contribution in [-0.2, 0) is 47.8 Å². The number of nitrogens with zero attached hydrogens (tertiary/aromatic N) is 1. The molecule has 3 rings (SSSR count). The largest absolute Gasteiger partial charge is 0.460 e. The number of unbranched alkanes of at least 4 members (excludes halogenated alkanes) is 19. The molecule has 18 heteroatoms. The third-order valence-electron chi connectivity index (χ3n) is 17.6. The smallest absolute Gasteiger partial charge is 0.331 e. The minimum Gasteiger partial charge on any atom is -0.460 e. The second-order valence-electron chi connectivity index (χ2n) is 25.4. The Bertz CT molecular complexity index is 1940. The number of hydrogen-bond donors (Lipinski definition) is 7. The van der Waals surface area contributed by atoms with Crippen molar-refractivity contribution >= 4 is 47.3 Å². The molecule has 18 nitrogen and oxygen atoms in total. The number of cyclic esters (lactones) is 1. The van der Waals surface area contributed by atoms with E-state index in [0.717, 1.165) is 12.8 Å². The Kier molecular flexibility index (Phi) is 34.5. The predicted octanol–water partition coefficient (Wildman–Crippen LogP) is 9.01. The number of hydrogen-bond acceptors (Lipinski definition) is 11. The number of aliphatic hydroxyl groups is 1. The van der Waals surface area contributed by atoms with Crippen LogP contribution in [0.3, 0.4) is 0 Å². The molecule has 2 saturated heterocycles. The van der Waals surface area contributed by atoms with E-state index in [1.54, 1.807) is 41.5 Å². The van der Waals surface area contributed by atoms with Gasteiger partial charge in [0.25, 0.3) is 0 Å². The summed E-state index contributed by atoms with van der Waals surface area (Å²) in [6, 6.07) is -8.43. The van der Waals surface area contributed by atoms with Crippen molar-refractivity contribution in [2.24, 2.45) is 29.6 Å². The summed E-state index contributed by atoms with van der Waals surface area (Å²) in [5.74, 6) is -5.72. The summed E-state index contributed by atoms with van der Waals surface area (Å²) in [5.41, 5.74) is 0. The molecule has 13 atom stereocenters. The molecule has 3 aliphatic rings. The van der Waals surface area contributed by atoms with E-state index in [4.69, 9.17) is 9.47 Å². The lowest BCUT2D eigenvalue weighted by atomic mass is 9.96. The topological polar surface area (TPSA) is 251 Å². The van der Waals surface area contributed by atoms with Gasteiger partial charge in [-0.25, -0.2) is 4.79 Å². The zero-order valence-electron chi connectivity index (χ0n) is 52.9. The van der Waals surface area contributed by atoms with E-state index in [9.17, 15) is 43.5 Å². The number of rotatable bonds is 32. The molecule has 2 aliphatic heterocycles. The van der Waals surface area contributed by atoms with Gasteiger partial charge in [-0.05, 0) is 82.5 Å². The Morgan fingerprint density at radius 2 is 0.976 bits per heavy atom. The predicted molar refractivity (Wildman–Crippen MR) is 322 cm³/mol. The minimum absolute atomic E-state index is 0.220.